The van der Waals surface area contributed by atoms with E-state index >= 15 is 0 Å². The predicted octanol–water partition coefficient (Wildman–Crippen LogP) is -4.09. The fourth-order valence-corrected chi connectivity index (χ4v) is 8.23. The monoisotopic (exact) mass is 1060 g/mol. The molecule has 2 heterocycles. The van der Waals surface area contributed by atoms with Crippen molar-refractivity contribution in [2.75, 3.05) is 19.6 Å². The third-order valence-corrected chi connectivity index (χ3v) is 12.1. The molecule has 10 amide bonds. The molecule has 3 aromatic rings. The van der Waals surface area contributed by atoms with Crippen LogP contribution in [0.25, 0.3) is 10.9 Å². The Morgan fingerprint density at radius 1 is 0.671 bits per heavy atom. The smallest absolute Gasteiger partial charge is 0.243 e. The Labute approximate surface area is 438 Å². The second-order valence-corrected chi connectivity index (χ2v) is 18.2. The van der Waals surface area contributed by atoms with Crippen molar-refractivity contribution in [1.29, 1.82) is 0 Å². The molecule has 1 aliphatic rings. The molecule has 7 atom stereocenters. The number of carbonyl (C=O) groups is 10. The highest BCUT2D eigenvalue weighted by Crippen LogP contribution is 2.20. The number of hydrogen-bond acceptors (Lipinski definition) is 12. The summed E-state index contributed by atoms with van der Waals surface area (Å²) in [6.07, 6.45) is 0.210. The molecular weight excluding hydrogens is 987 g/mol. The Balaban J connectivity index is 1.78. The van der Waals surface area contributed by atoms with E-state index in [-0.39, 0.29) is 102 Å². The number of guanidine groups is 2. The fraction of sp³-hybridized carbons (Fsp3) is 0.469. The number of aliphatic imine (C=N–C) groups is 2. The van der Waals surface area contributed by atoms with Crippen molar-refractivity contribution in [3.05, 3.63) is 71.9 Å². The first-order chi connectivity index (χ1) is 36.2. The van der Waals surface area contributed by atoms with Gasteiger partial charge in [0.15, 0.2) is 11.9 Å². The minimum Gasteiger partial charge on any atom is -0.370 e. The number of amides is 10. The van der Waals surface area contributed by atoms with Gasteiger partial charge in [-0.1, -0.05) is 48.5 Å². The van der Waals surface area contributed by atoms with E-state index in [1.807, 2.05) is 18.2 Å². The van der Waals surface area contributed by atoms with E-state index < -0.39 is 108 Å². The van der Waals surface area contributed by atoms with Gasteiger partial charge >= 0.3 is 0 Å². The van der Waals surface area contributed by atoms with Gasteiger partial charge in [0.2, 0.25) is 59.1 Å². The summed E-state index contributed by atoms with van der Waals surface area (Å²) in [7, 11) is 0. The average Bonchev–Trinajstić information content (AvgIpc) is 3.77. The lowest BCUT2D eigenvalue weighted by Gasteiger charge is -2.28. The van der Waals surface area contributed by atoms with Gasteiger partial charge in [-0.15, -0.1) is 0 Å². The number of nitrogens with one attached hydrogen (secondary N) is 9. The maximum Gasteiger partial charge on any atom is 0.243 e. The normalized spacial score (nSPS) is 20.9. The zero-order chi connectivity index (χ0) is 55.7. The van der Waals surface area contributed by atoms with E-state index in [9.17, 15) is 47.9 Å². The maximum absolute atomic E-state index is 14.6. The molecule has 0 unspecified atom stereocenters. The Hall–Kier alpha value is -8.78. The van der Waals surface area contributed by atoms with E-state index in [0.29, 0.717) is 11.1 Å². The number of hydrogen-bond donors (Lipinski definition) is 15. The fourth-order valence-electron chi connectivity index (χ4n) is 8.23. The van der Waals surface area contributed by atoms with Crippen molar-refractivity contribution >= 4 is 81.9 Å². The molecule has 4 rings (SSSR count). The van der Waals surface area contributed by atoms with Crippen molar-refractivity contribution in [3.8, 4) is 0 Å². The van der Waals surface area contributed by atoms with Gasteiger partial charge in [-0.05, 0) is 68.6 Å². The number of aromatic nitrogens is 1. The number of fused-ring (bicyclic) bond motifs is 1. The molecule has 1 aliphatic heterocycles. The van der Waals surface area contributed by atoms with Gasteiger partial charge in [0.25, 0.3) is 0 Å². The first-order valence-corrected chi connectivity index (χ1v) is 24.8. The molecule has 2 aromatic carbocycles. The largest absolute Gasteiger partial charge is 0.370 e. The van der Waals surface area contributed by atoms with Crippen LogP contribution >= 0.6 is 0 Å². The lowest BCUT2D eigenvalue weighted by Crippen LogP contribution is -2.60. The first kappa shape index (κ1) is 59.8. The number of aromatic amines is 1. The molecule has 0 spiro atoms. The van der Waals surface area contributed by atoms with Crippen LogP contribution in [0.5, 0.6) is 0 Å². The summed E-state index contributed by atoms with van der Waals surface area (Å²) in [5, 5.41) is 21.8. The van der Waals surface area contributed by atoms with Crippen LogP contribution in [0.1, 0.15) is 82.3 Å². The molecular formula is C49H71N17O10. The summed E-state index contributed by atoms with van der Waals surface area (Å²) in [6.45, 7) is 1.15. The minimum absolute atomic E-state index is 0.0261. The highest BCUT2D eigenvalue weighted by atomic mass is 16.2. The molecule has 1 fully saturated rings. The minimum atomic E-state index is -1.57. The van der Waals surface area contributed by atoms with Crippen LogP contribution in [0, 0.1) is 0 Å². The number of primary amides is 2. The van der Waals surface area contributed by atoms with Crippen molar-refractivity contribution in [3.63, 3.8) is 0 Å². The van der Waals surface area contributed by atoms with Crippen LogP contribution < -0.4 is 76.9 Å². The van der Waals surface area contributed by atoms with Gasteiger partial charge in [-0.3, -0.25) is 57.9 Å². The number of nitrogens with two attached hydrogens (primary N) is 6. The summed E-state index contributed by atoms with van der Waals surface area (Å²) in [4.78, 5) is 147. The highest BCUT2D eigenvalue weighted by Gasteiger charge is 2.35. The Morgan fingerprint density at radius 2 is 1.25 bits per heavy atom. The topological polar surface area (TPSA) is 464 Å². The molecule has 1 saturated heterocycles. The molecule has 0 saturated carbocycles. The molecule has 412 valence electrons. The molecule has 27 nitrogen and oxygen atoms in total. The second-order valence-electron chi connectivity index (χ2n) is 18.2. The van der Waals surface area contributed by atoms with Crippen LogP contribution in [0.3, 0.4) is 0 Å². The Bertz CT molecular complexity index is 2580. The summed E-state index contributed by atoms with van der Waals surface area (Å²) in [5.41, 5.74) is 35.1. The van der Waals surface area contributed by atoms with Crippen LogP contribution in [-0.2, 0) is 60.8 Å². The van der Waals surface area contributed by atoms with Crippen molar-refractivity contribution < 1.29 is 47.9 Å². The van der Waals surface area contributed by atoms with E-state index in [1.54, 1.807) is 42.6 Å². The van der Waals surface area contributed by atoms with Crippen molar-refractivity contribution in [1.82, 2.24) is 47.5 Å². The third kappa shape index (κ3) is 20.6. The van der Waals surface area contributed by atoms with Crippen molar-refractivity contribution in [2.45, 2.75) is 126 Å². The van der Waals surface area contributed by atoms with Gasteiger partial charge in [0.05, 0.1) is 0 Å². The van der Waals surface area contributed by atoms with Gasteiger partial charge in [-0.25, -0.2) is 0 Å². The summed E-state index contributed by atoms with van der Waals surface area (Å²) in [5.74, 6) is -8.58. The number of para-hydroxylation sites is 1. The van der Waals surface area contributed by atoms with Crippen molar-refractivity contribution in [2.24, 2.45) is 44.4 Å². The van der Waals surface area contributed by atoms with Gasteiger partial charge in [0, 0.05) is 69.3 Å². The molecule has 0 aliphatic carbocycles. The standard InChI is InChI=1S/C49H71N17O10/c1-27(67)60-33(15-8-21-57-48(52)53)42(71)62-34-14-7-17-40(69)56-23-20-32(41(51)70)61-47(76)38(25-29-26-59-31-13-6-5-12-30(29)31)66-44(73)35(16-9-22-58-49(54)55)63-46(75)37(24-28-10-3-2-4-11-28)65-45(74)36(64-43(34)72)18-19-39(50)68/h2-6,10-13,26,32-38,59H,7-9,14-25H2,1H3,(H2,50,68)(H2,51,70)(H,56,69)(H,60,67)(H,61,76)(H,62,71)(H,63,75)(H,64,72)(H,65,74)(H,66,73)(H4,52,53,57)(H4,54,55,58)/t32-,33-,34-,35-,36-,37+,38-/m0/s1. The molecule has 76 heavy (non-hydrogen) atoms. The van der Waals surface area contributed by atoms with E-state index in [4.69, 9.17) is 34.4 Å². The molecule has 27 heteroatoms. The Kier molecular flexibility index (Phi) is 23.9. The predicted molar refractivity (Wildman–Crippen MR) is 280 cm³/mol. The zero-order valence-electron chi connectivity index (χ0n) is 42.4. The number of benzene rings is 2. The molecule has 0 bridgehead atoms. The maximum atomic E-state index is 14.6. The quantitative estimate of drug-likeness (QED) is 0.0309. The van der Waals surface area contributed by atoms with Gasteiger partial charge < -0.3 is 81.9 Å². The van der Waals surface area contributed by atoms with Crippen LogP contribution in [0.15, 0.2) is 70.8 Å². The van der Waals surface area contributed by atoms with E-state index in [0.717, 1.165) is 10.9 Å². The number of H-pyrrole nitrogens is 1. The first-order valence-electron chi connectivity index (χ1n) is 24.8. The number of rotatable bonds is 19. The summed E-state index contributed by atoms with van der Waals surface area (Å²) < 4.78 is 0. The summed E-state index contributed by atoms with van der Waals surface area (Å²) in [6, 6.07) is 5.89. The van der Waals surface area contributed by atoms with Crippen LogP contribution in [-0.4, -0.2) is 138 Å². The second kappa shape index (κ2) is 30.4. The summed E-state index contributed by atoms with van der Waals surface area (Å²) >= 11 is 0. The highest BCUT2D eigenvalue weighted by molar-refractivity contribution is 5.98. The lowest BCUT2D eigenvalue weighted by atomic mass is 10.0. The SMILES string of the molecule is CC(=O)N[C@@H](CCCN=C(N)N)C(=O)N[C@H]1CCCC(=O)NCC[C@@H](C(N)=O)NC(=O)[C@H](Cc2c[nH]c3ccccc23)NC(=O)[C@H](CCCN=C(N)N)NC(=O)[C@@H](Cc2ccccc2)NC(=O)[C@H](CCC(N)=O)NC1=O. The number of carbonyl (C=O) groups excluding carboxylic acids is 10. The zero-order valence-corrected chi connectivity index (χ0v) is 42.4. The van der Waals surface area contributed by atoms with Gasteiger partial charge in [-0.2, -0.15) is 0 Å². The van der Waals surface area contributed by atoms with Crippen LogP contribution in [0.4, 0.5) is 0 Å². The van der Waals surface area contributed by atoms with Gasteiger partial charge in [0.1, 0.15) is 42.3 Å². The molecule has 21 N–H and O–H groups in total. The molecule has 1 aromatic heterocycles. The van der Waals surface area contributed by atoms with E-state index in [2.05, 4.69) is 57.5 Å². The number of nitrogens with zero attached hydrogens (tertiary/aromatic N) is 2. The third-order valence-electron chi connectivity index (χ3n) is 12.1. The van der Waals surface area contributed by atoms with E-state index in [1.165, 1.54) is 6.92 Å². The average molecular weight is 1060 g/mol. The Morgan fingerprint density at radius 3 is 1.89 bits per heavy atom. The lowest BCUT2D eigenvalue weighted by molar-refractivity contribution is -0.136. The van der Waals surface area contributed by atoms with Crippen LogP contribution in [0.2, 0.25) is 0 Å². The molecule has 0 radical (unpaired) electrons.